The molecule has 2 unspecified atom stereocenters. The highest BCUT2D eigenvalue weighted by molar-refractivity contribution is 5.47. The van der Waals surface area contributed by atoms with E-state index in [0.717, 1.165) is 24.3 Å². The van der Waals surface area contributed by atoms with E-state index in [1.807, 2.05) is 6.92 Å². The van der Waals surface area contributed by atoms with E-state index in [2.05, 4.69) is 15.3 Å². The molecule has 0 saturated heterocycles. The summed E-state index contributed by atoms with van der Waals surface area (Å²) in [5.74, 6) is 2.40. The summed E-state index contributed by atoms with van der Waals surface area (Å²) in [4.78, 5) is 8.29. The number of methoxy groups -OCH3 is 1. The molecule has 1 aromatic heterocycles. The molecule has 5 heteroatoms. The Morgan fingerprint density at radius 3 is 2.89 bits per heavy atom. The predicted octanol–water partition coefficient (Wildman–Crippen LogP) is 1.61. The molecular weight excluding hydrogens is 230 g/mol. The van der Waals surface area contributed by atoms with Crippen LogP contribution in [-0.2, 0) is 0 Å². The first-order chi connectivity index (χ1) is 8.76. The van der Waals surface area contributed by atoms with Crippen LogP contribution >= 0.6 is 0 Å². The molecule has 2 N–H and O–H groups in total. The number of nitrogens with one attached hydrogen (secondary N) is 1. The first-order valence-electron chi connectivity index (χ1n) is 6.46. The maximum Gasteiger partial charge on any atom is 0.221 e. The van der Waals surface area contributed by atoms with Gasteiger partial charge in [0.15, 0.2) is 0 Å². The van der Waals surface area contributed by atoms with Gasteiger partial charge in [-0.3, -0.25) is 0 Å². The average molecular weight is 251 g/mol. The van der Waals surface area contributed by atoms with Crippen LogP contribution < -0.4 is 10.1 Å². The summed E-state index contributed by atoms with van der Waals surface area (Å²) in [5.41, 5.74) is 0.929. The van der Waals surface area contributed by atoms with Crippen molar-refractivity contribution in [3.63, 3.8) is 0 Å². The van der Waals surface area contributed by atoms with Crippen molar-refractivity contribution < 1.29 is 9.84 Å². The van der Waals surface area contributed by atoms with Gasteiger partial charge in [-0.1, -0.05) is 6.42 Å². The molecule has 0 bridgehead atoms. The van der Waals surface area contributed by atoms with Crippen LogP contribution in [0.2, 0.25) is 0 Å². The normalized spacial score (nSPS) is 23.1. The van der Waals surface area contributed by atoms with Crippen molar-refractivity contribution in [2.24, 2.45) is 11.8 Å². The van der Waals surface area contributed by atoms with Gasteiger partial charge in [0.2, 0.25) is 5.88 Å². The third-order valence-electron chi connectivity index (χ3n) is 3.81. The smallest absolute Gasteiger partial charge is 0.221 e. The lowest BCUT2D eigenvalue weighted by atomic mass is 9.97. The topological polar surface area (TPSA) is 67.3 Å². The van der Waals surface area contributed by atoms with E-state index in [1.54, 1.807) is 7.11 Å². The molecule has 0 aliphatic heterocycles. The van der Waals surface area contributed by atoms with Crippen LogP contribution in [0.15, 0.2) is 6.33 Å². The molecule has 1 aromatic rings. The van der Waals surface area contributed by atoms with Crippen LogP contribution in [-0.4, -0.2) is 35.3 Å². The summed E-state index contributed by atoms with van der Waals surface area (Å²) in [6, 6.07) is 0. The summed E-state index contributed by atoms with van der Waals surface area (Å²) >= 11 is 0. The van der Waals surface area contributed by atoms with Gasteiger partial charge in [0.1, 0.15) is 12.1 Å². The molecule has 18 heavy (non-hydrogen) atoms. The zero-order valence-corrected chi connectivity index (χ0v) is 11.0. The van der Waals surface area contributed by atoms with E-state index in [0.29, 0.717) is 24.3 Å². The molecule has 1 aliphatic rings. The van der Waals surface area contributed by atoms with Crippen LogP contribution in [0.4, 0.5) is 5.82 Å². The number of hydrogen-bond donors (Lipinski definition) is 2. The fourth-order valence-electron chi connectivity index (χ4n) is 2.67. The molecule has 2 rings (SSSR count). The lowest BCUT2D eigenvalue weighted by molar-refractivity contribution is 0.199. The summed E-state index contributed by atoms with van der Waals surface area (Å²) in [7, 11) is 1.61. The maximum atomic E-state index is 9.30. The van der Waals surface area contributed by atoms with Crippen LogP contribution in [0, 0.1) is 18.8 Å². The lowest BCUT2D eigenvalue weighted by Gasteiger charge is -2.19. The number of nitrogens with zero attached hydrogens (tertiary/aromatic N) is 2. The fourth-order valence-corrected chi connectivity index (χ4v) is 2.67. The highest BCUT2D eigenvalue weighted by Gasteiger charge is 2.26. The summed E-state index contributed by atoms with van der Waals surface area (Å²) in [6.07, 6.45) is 5.03. The molecule has 0 amide bonds. The molecule has 1 aliphatic carbocycles. The number of ether oxygens (including phenoxy) is 1. The van der Waals surface area contributed by atoms with Gasteiger partial charge in [0, 0.05) is 13.2 Å². The van der Waals surface area contributed by atoms with Crippen molar-refractivity contribution in [2.75, 3.05) is 25.6 Å². The Kier molecular flexibility index (Phi) is 4.36. The standard InChI is InChI=1S/C13H21N3O2/c1-9-12(15-8-16-13(9)18-2)14-6-10-4-3-5-11(10)7-17/h8,10-11,17H,3-7H2,1-2H3,(H,14,15,16). The van der Waals surface area contributed by atoms with Gasteiger partial charge >= 0.3 is 0 Å². The predicted molar refractivity (Wildman–Crippen MR) is 69.7 cm³/mol. The minimum Gasteiger partial charge on any atom is -0.481 e. The number of aromatic nitrogens is 2. The van der Waals surface area contributed by atoms with E-state index in [-0.39, 0.29) is 0 Å². The Morgan fingerprint density at radius 1 is 1.39 bits per heavy atom. The van der Waals surface area contributed by atoms with Gasteiger partial charge in [-0.05, 0) is 31.6 Å². The second kappa shape index (κ2) is 6.00. The molecule has 0 radical (unpaired) electrons. The van der Waals surface area contributed by atoms with E-state index in [1.165, 1.54) is 19.2 Å². The van der Waals surface area contributed by atoms with E-state index >= 15 is 0 Å². The quantitative estimate of drug-likeness (QED) is 0.832. The molecule has 0 spiro atoms. The lowest BCUT2D eigenvalue weighted by Crippen LogP contribution is -2.21. The molecule has 0 aromatic carbocycles. The average Bonchev–Trinajstić information content (AvgIpc) is 2.85. The van der Waals surface area contributed by atoms with Crippen LogP contribution in [0.5, 0.6) is 5.88 Å². The minimum atomic E-state index is 0.290. The molecule has 5 nitrogen and oxygen atoms in total. The summed E-state index contributed by atoms with van der Waals surface area (Å²) in [6.45, 7) is 3.09. The van der Waals surface area contributed by atoms with Crippen molar-refractivity contribution in [1.82, 2.24) is 9.97 Å². The Hall–Kier alpha value is -1.36. The molecule has 2 atom stereocenters. The molecule has 1 fully saturated rings. The highest BCUT2D eigenvalue weighted by atomic mass is 16.5. The Labute approximate surface area is 108 Å². The Balaban J connectivity index is 1.98. The van der Waals surface area contributed by atoms with E-state index in [9.17, 15) is 5.11 Å². The zero-order chi connectivity index (χ0) is 13.0. The second-order valence-corrected chi connectivity index (χ2v) is 4.87. The Bertz CT molecular complexity index is 398. The first-order valence-corrected chi connectivity index (χ1v) is 6.46. The van der Waals surface area contributed by atoms with Gasteiger partial charge in [-0.15, -0.1) is 0 Å². The number of hydrogen-bond acceptors (Lipinski definition) is 5. The third-order valence-corrected chi connectivity index (χ3v) is 3.81. The van der Waals surface area contributed by atoms with Gasteiger partial charge in [-0.2, -0.15) is 0 Å². The summed E-state index contributed by atoms with van der Waals surface area (Å²) in [5, 5.41) is 12.6. The van der Waals surface area contributed by atoms with Crippen LogP contribution in [0.1, 0.15) is 24.8 Å². The number of rotatable bonds is 5. The Morgan fingerprint density at radius 2 is 2.17 bits per heavy atom. The molecule has 100 valence electrons. The molecule has 1 saturated carbocycles. The number of aliphatic hydroxyl groups excluding tert-OH is 1. The maximum absolute atomic E-state index is 9.30. The van der Waals surface area contributed by atoms with Crippen molar-refractivity contribution in [3.05, 3.63) is 11.9 Å². The third kappa shape index (κ3) is 2.72. The number of anilines is 1. The van der Waals surface area contributed by atoms with Crippen molar-refractivity contribution in [3.8, 4) is 5.88 Å². The van der Waals surface area contributed by atoms with Gasteiger partial charge in [0.25, 0.3) is 0 Å². The second-order valence-electron chi connectivity index (χ2n) is 4.87. The fraction of sp³-hybridized carbons (Fsp3) is 0.692. The van der Waals surface area contributed by atoms with Crippen molar-refractivity contribution in [1.29, 1.82) is 0 Å². The molecule has 1 heterocycles. The van der Waals surface area contributed by atoms with Crippen molar-refractivity contribution in [2.45, 2.75) is 26.2 Å². The zero-order valence-electron chi connectivity index (χ0n) is 11.0. The van der Waals surface area contributed by atoms with Crippen LogP contribution in [0.3, 0.4) is 0 Å². The molecular formula is C13H21N3O2. The van der Waals surface area contributed by atoms with Gasteiger partial charge in [-0.25, -0.2) is 9.97 Å². The van der Waals surface area contributed by atoms with Gasteiger partial charge < -0.3 is 15.2 Å². The van der Waals surface area contributed by atoms with E-state index < -0.39 is 0 Å². The van der Waals surface area contributed by atoms with Gasteiger partial charge in [0.05, 0.1) is 12.7 Å². The first kappa shape index (κ1) is 13.1. The van der Waals surface area contributed by atoms with Crippen LogP contribution in [0.25, 0.3) is 0 Å². The van der Waals surface area contributed by atoms with Crippen molar-refractivity contribution >= 4 is 5.82 Å². The van der Waals surface area contributed by atoms with E-state index in [4.69, 9.17) is 4.74 Å². The monoisotopic (exact) mass is 251 g/mol. The number of aliphatic hydroxyl groups is 1. The SMILES string of the molecule is COc1ncnc(NCC2CCCC2CO)c1C. The minimum absolute atomic E-state index is 0.290. The highest BCUT2D eigenvalue weighted by Crippen LogP contribution is 2.31. The summed E-state index contributed by atoms with van der Waals surface area (Å²) < 4.78 is 5.17. The largest absolute Gasteiger partial charge is 0.481 e.